The van der Waals surface area contributed by atoms with Gasteiger partial charge in [-0.1, -0.05) is 37.3 Å². The van der Waals surface area contributed by atoms with Gasteiger partial charge in [-0.3, -0.25) is 0 Å². The highest BCUT2D eigenvalue weighted by Gasteiger charge is 2.09. The highest BCUT2D eigenvalue weighted by molar-refractivity contribution is 7.11. The number of thiazole rings is 1. The summed E-state index contributed by atoms with van der Waals surface area (Å²) in [5.74, 6) is 0. The molecule has 1 atom stereocenters. The maximum absolute atomic E-state index is 9.43. The Bertz CT molecular complexity index is 470. The number of nitrogens with one attached hydrogen (secondary N) is 1. The average molecular weight is 262 g/mol. The molecule has 0 spiro atoms. The van der Waals surface area contributed by atoms with E-state index in [0.29, 0.717) is 0 Å². The van der Waals surface area contributed by atoms with Crippen LogP contribution in [0.25, 0.3) is 0 Å². The summed E-state index contributed by atoms with van der Waals surface area (Å²) in [5, 5.41) is 14.0. The topological polar surface area (TPSA) is 45.2 Å². The molecule has 0 saturated heterocycles. The normalized spacial score (nSPS) is 12.6. The summed E-state index contributed by atoms with van der Waals surface area (Å²) < 4.78 is 0. The number of aromatic nitrogens is 1. The molecule has 0 fully saturated rings. The van der Waals surface area contributed by atoms with Gasteiger partial charge in [-0.2, -0.15) is 0 Å². The quantitative estimate of drug-likeness (QED) is 0.841. The molecule has 3 nitrogen and oxygen atoms in total. The zero-order valence-electron chi connectivity index (χ0n) is 10.5. The maximum Gasteiger partial charge on any atom is 0.0925 e. The van der Waals surface area contributed by atoms with Crippen LogP contribution in [0.5, 0.6) is 0 Å². The van der Waals surface area contributed by atoms with Gasteiger partial charge in [-0.25, -0.2) is 4.98 Å². The molecule has 0 unspecified atom stereocenters. The van der Waals surface area contributed by atoms with Crippen LogP contribution in [0.2, 0.25) is 0 Å². The van der Waals surface area contributed by atoms with Gasteiger partial charge in [0.25, 0.3) is 0 Å². The molecule has 1 heterocycles. The fraction of sp³-hybridized carbons (Fsp3) is 0.357. The molecular formula is C14H18N2OS. The number of rotatable bonds is 6. The van der Waals surface area contributed by atoms with Gasteiger partial charge in [0.1, 0.15) is 0 Å². The van der Waals surface area contributed by atoms with Gasteiger partial charge < -0.3 is 10.4 Å². The van der Waals surface area contributed by atoms with E-state index in [1.807, 2.05) is 36.5 Å². The molecule has 96 valence electrons. The molecule has 0 aliphatic heterocycles. The van der Waals surface area contributed by atoms with Crippen LogP contribution in [-0.2, 0) is 13.0 Å². The first-order chi connectivity index (χ1) is 8.83. The molecule has 2 N–H and O–H groups in total. The van der Waals surface area contributed by atoms with Crippen molar-refractivity contribution in [2.24, 2.45) is 0 Å². The van der Waals surface area contributed by atoms with Crippen LogP contribution in [0.4, 0.5) is 0 Å². The standard InChI is InChI=1S/C14H18N2OS/c1-2-14-16-9-12(18-14)8-15-13(10-17)11-6-4-3-5-7-11/h3-7,9,13,15,17H,2,8,10H2,1H3/t13-/m0/s1. The van der Waals surface area contributed by atoms with Crippen LogP contribution in [-0.4, -0.2) is 16.7 Å². The van der Waals surface area contributed by atoms with Gasteiger partial charge in [0.2, 0.25) is 0 Å². The molecule has 1 aromatic heterocycles. The molecular weight excluding hydrogens is 244 g/mol. The van der Waals surface area contributed by atoms with Crippen molar-refractivity contribution in [3.63, 3.8) is 0 Å². The number of hydrogen-bond donors (Lipinski definition) is 2. The second-order valence-corrected chi connectivity index (χ2v) is 5.30. The van der Waals surface area contributed by atoms with Crippen molar-refractivity contribution in [3.05, 3.63) is 52.0 Å². The van der Waals surface area contributed by atoms with Gasteiger partial charge in [-0.15, -0.1) is 11.3 Å². The minimum atomic E-state index is -0.0154. The van der Waals surface area contributed by atoms with E-state index < -0.39 is 0 Å². The van der Waals surface area contributed by atoms with Gasteiger partial charge in [0.05, 0.1) is 17.7 Å². The maximum atomic E-state index is 9.43. The lowest BCUT2D eigenvalue weighted by molar-refractivity contribution is 0.244. The molecule has 2 rings (SSSR count). The predicted molar refractivity (Wildman–Crippen MR) is 74.6 cm³/mol. The third kappa shape index (κ3) is 3.38. The zero-order valence-corrected chi connectivity index (χ0v) is 11.3. The number of aliphatic hydroxyl groups excluding tert-OH is 1. The van der Waals surface area contributed by atoms with Gasteiger partial charge in [0, 0.05) is 17.6 Å². The molecule has 1 aromatic carbocycles. The lowest BCUT2D eigenvalue weighted by atomic mass is 10.1. The average Bonchev–Trinajstić information content (AvgIpc) is 2.89. The molecule has 18 heavy (non-hydrogen) atoms. The smallest absolute Gasteiger partial charge is 0.0925 e. The Kier molecular flexibility index (Phi) is 4.87. The van der Waals surface area contributed by atoms with E-state index in [2.05, 4.69) is 17.2 Å². The predicted octanol–water partition coefficient (Wildman–Crippen LogP) is 2.53. The van der Waals surface area contributed by atoms with Crippen LogP contribution in [0.3, 0.4) is 0 Å². The van der Waals surface area contributed by atoms with E-state index in [4.69, 9.17) is 0 Å². The first kappa shape index (κ1) is 13.2. The van der Waals surface area contributed by atoms with Crippen molar-refractivity contribution in [2.45, 2.75) is 25.9 Å². The zero-order chi connectivity index (χ0) is 12.8. The highest BCUT2D eigenvalue weighted by atomic mass is 32.1. The van der Waals surface area contributed by atoms with Crippen molar-refractivity contribution in [3.8, 4) is 0 Å². The number of nitrogens with zero attached hydrogens (tertiary/aromatic N) is 1. The first-order valence-corrected chi connectivity index (χ1v) is 6.98. The van der Waals surface area contributed by atoms with Crippen molar-refractivity contribution in [1.29, 1.82) is 0 Å². The second kappa shape index (κ2) is 6.64. The van der Waals surface area contributed by atoms with E-state index in [1.54, 1.807) is 11.3 Å². The summed E-state index contributed by atoms with van der Waals surface area (Å²) in [6, 6.07) is 9.99. The van der Waals surface area contributed by atoms with E-state index in [9.17, 15) is 5.11 Å². The molecule has 4 heteroatoms. The first-order valence-electron chi connectivity index (χ1n) is 6.16. The van der Waals surface area contributed by atoms with Crippen LogP contribution >= 0.6 is 11.3 Å². The Labute approximate surface area is 112 Å². The molecule has 0 aliphatic rings. The largest absolute Gasteiger partial charge is 0.394 e. The Hall–Kier alpha value is -1.23. The summed E-state index contributed by atoms with van der Waals surface area (Å²) in [6.45, 7) is 2.96. The van der Waals surface area contributed by atoms with Crippen molar-refractivity contribution >= 4 is 11.3 Å². The van der Waals surface area contributed by atoms with Gasteiger partial charge in [0.15, 0.2) is 0 Å². The van der Waals surface area contributed by atoms with Crippen LogP contribution in [0.1, 0.15) is 28.4 Å². The highest BCUT2D eigenvalue weighted by Crippen LogP contribution is 2.16. The third-order valence-corrected chi connectivity index (χ3v) is 3.95. The second-order valence-electron chi connectivity index (χ2n) is 4.10. The van der Waals surface area contributed by atoms with Crippen molar-refractivity contribution in [1.82, 2.24) is 10.3 Å². The SMILES string of the molecule is CCc1ncc(CN[C@@H](CO)c2ccccc2)s1. The summed E-state index contributed by atoms with van der Waals surface area (Å²) in [5.41, 5.74) is 1.11. The van der Waals surface area contributed by atoms with E-state index in [1.165, 1.54) is 4.88 Å². The van der Waals surface area contributed by atoms with E-state index in [0.717, 1.165) is 23.5 Å². The van der Waals surface area contributed by atoms with Crippen molar-refractivity contribution < 1.29 is 5.11 Å². The molecule has 0 saturated carbocycles. The Morgan fingerprint density at radius 3 is 2.72 bits per heavy atom. The summed E-state index contributed by atoms with van der Waals surface area (Å²) in [7, 11) is 0. The fourth-order valence-corrected chi connectivity index (χ4v) is 2.60. The number of aliphatic hydroxyl groups is 1. The van der Waals surface area contributed by atoms with Crippen molar-refractivity contribution in [2.75, 3.05) is 6.61 Å². The van der Waals surface area contributed by atoms with Crippen LogP contribution < -0.4 is 5.32 Å². The Balaban J connectivity index is 1.95. The monoisotopic (exact) mass is 262 g/mol. The molecule has 2 aromatic rings. The molecule has 0 bridgehead atoms. The van der Waals surface area contributed by atoms with Gasteiger partial charge in [-0.05, 0) is 12.0 Å². The van der Waals surface area contributed by atoms with Crippen LogP contribution in [0, 0.1) is 0 Å². The number of aryl methyl sites for hydroxylation is 1. The van der Waals surface area contributed by atoms with E-state index >= 15 is 0 Å². The minimum absolute atomic E-state index is 0.0154. The summed E-state index contributed by atoms with van der Waals surface area (Å²) in [4.78, 5) is 5.54. The Morgan fingerprint density at radius 2 is 2.11 bits per heavy atom. The number of hydrogen-bond acceptors (Lipinski definition) is 4. The van der Waals surface area contributed by atoms with Crippen LogP contribution in [0.15, 0.2) is 36.5 Å². The summed E-state index contributed by atoms with van der Waals surface area (Å²) in [6.07, 6.45) is 2.89. The number of benzene rings is 1. The van der Waals surface area contributed by atoms with Gasteiger partial charge >= 0.3 is 0 Å². The molecule has 0 aliphatic carbocycles. The summed E-state index contributed by atoms with van der Waals surface area (Å²) >= 11 is 1.73. The fourth-order valence-electron chi connectivity index (χ4n) is 1.79. The molecule has 0 amide bonds. The lowest BCUT2D eigenvalue weighted by Crippen LogP contribution is -2.23. The van der Waals surface area contributed by atoms with E-state index in [-0.39, 0.29) is 12.6 Å². The lowest BCUT2D eigenvalue weighted by Gasteiger charge is -2.15. The Morgan fingerprint density at radius 1 is 1.33 bits per heavy atom. The third-order valence-electron chi connectivity index (χ3n) is 2.81. The minimum Gasteiger partial charge on any atom is -0.394 e. The molecule has 0 radical (unpaired) electrons.